The second kappa shape index (κ2) is 9.49. The summed E-state index contributed by atoms with van der Waals surface area (Å²) >= 11 is 0. The highest BCUT2D eigenvalue weighted by Crippen LogP contribution is 2.21. The number of rotatable bonds is 5. The minimum atomic E-state index is -3.64. The number of nitrogen functional groups attached to an aromatic ring is 2. The molecule has 3 aromatic rings. The molecule has 0 radical (unpaired) electrons. The monoisotopic (exact) mass is 385 g/mol. The van der Waals surface area contributed by atoms with E-state index in [0.29, 0.717) is 17.1 Å². The predicted octanol–water partition coefficient (Wildman–Crippen LogP) is 3.74. The third-order valence-electron chi connectivity index (χ3n) is 3.45. The summed E-state index contributed by atoms with van der Waals surface area (Å²) in [5, 5.41) is 0. The standard InChI is InChI=1S/C12H13N3O2S.C8H10O/c13-9-5-7-10(8-6-9)18(16,17)15-12-4-2-1-3-11(12)14;1-2-9-8-6-4-3-5-7-8/h1-8,15H,13-14H2;3-7H,2H2,1H3. The van der Waals surface area contributed by atoms with E-state index in [1.54, 1.807) is 24.3 Å². The summed E-state index contributed by atoms with van der Waals surface area (Å²) in [6, 6.07) is 22.4. The molecule has 5 N–H and O–H groups in total. The number of para-hydroxylation sites is 3. The SMILES string of the molecule is CCOc1ccccc1.Nc1ccc(S(=O)(=O)Nc2ccccc2N)cc1. The smallest absolute Gasteiger partial charge is 0.261 e. The second-order valence-electron chi connectivity index (χ2n) is 5.51. The van der Waals surface area contributed by atoms with Crippen LogP contribution in [0.25, 0.3) is 0 Å². The van der Waals surface area contributed by atoms with Crippen molar-refractivity contribution < 1.29 is 13.2 Å². The molecule has 6 nitrogen and oxygen atoms in total. The van der Waals surface area contributed by atoms with E-state index in [-0.39, 0.29) is 4.90 Å². The molecule has 0 unspecified atom stereocenters. The molecule has 3 rings (SSSR count). The maximum atomic E-state index is 12.1. The summed E-state index contributed by atoms with van der Waals surface area (Å²) in [6.07, 6.45) is 0. The van der Waals surface area contributed by atoms with Crippen molar-refractivity contribution >= 4 is 27.1 Å². The van der Waals surface area contributed by atoms with Gasteiger partial charge in [0.2, 0.25) is 0 Å². The lowest BCUT2D eigenvalue weighted by Gasteiger charge is -2.10. The molecule has 3 aromatic carbocycles. The van der Waals surface area contributed by atoms with Gasteiger partial charge in [-0.1, -0.05) is 30.3 Å². The lowest BCUT2D eigenvalue weighted by atomic mass is 10.3. The minimum Gasteiger partial charge on any atom is -0.494 e. The van der Waals surface area contributed by atoms with E-state index in [4.69, 9.17) is 16.2 Å². The summed E-state index contributed by atoms with van der Waals surface area (Å²) in [4.78, 5) is 0.139. The average Bonchev–Trinajstić information content (AvgIpc) is 2.66. The van der Waals surface area contributed by atoms with Gasteiger partial charge in [0.05, 0.1) is 22.9 Å². The Morgan fingerprint density at radius 1 is 0.852 bits per heavy atom. The van der Waals surface area contributed by atoms with Gasteiger partial charge in [-0.25, -0.2) is 8.42 Å². The Kier molecular flexibility index (Phi) is 7.08. The van der Waals surface area contributed by atoms with E-state index in [2.05, 4.69) is 4.72 Å². The molecule has 0 aromatic heterocycles. The summed E-state index contributed by atoms with van der Waals surface area (Å²) in [6.45, 7) is 2.72. The van der Waals surface area contributed by atoms with Crippen LogP contribution in [0, 0.1) is 0 Å². The molecular formula is C20H23N3O3S. The van der Waals surface area contributed by atoms with Gasteiger partial charge < -0.3 is 16.2 Å². The van der Waals surface area contributed by atoms with Crippen LogP contribution in [0.2, 0.25) is 0 Å². The average molecular weight is 385 g/mol. The molecule has 0 heterocycles. The van der Waals surface area contributed by atoms with Gasteiger partial charge in [0.15, 0.2) is 0 Å². The summed E-state index contributed by atoms with van der Waals surface area (Å²) in [7, 11) is -3.64. The largest absolute Gasteiger partial charge is 0.494 e. The number of anilines is 3. The maximum absolute atomic E-state index is 12.1. The number of hydrogen-bond acceptors (Lipinski definition) is 5. The molecule has 0 saturated heterocycles. The van der Waals surface area contributed by atoms with E-state index < -0.39 is 10.0 Å². The Bertz CT molecular complexity index is 944. The molecule has 7 heteroatoms. The van der Waals surface area contributed by atoms with Gasteiger partial charge in [-0.2, -0.15) is 0 Å². The van der Waals surface area contributed by atoms with Crippen LogP contribution in [0.1, 0.15) is 6.92 Å². The molecule has 0 saturated carbocycles. The molecule has 0 fully saturated rings. The topological polar surface area (TPSA) is 107 Å². The zero-order valence-electron chi connectivity index (χ0n) is 15.0. The van der Waals surface area contributed by atoms with Gasteiger partial charge in [-0.15, -0.1) is 0 Å². The number of ether oxygens (including phenoxy) is 1. The lowest BCUT2D eigenvalue weighted by Crippen LogP contribution is -2.14. The van der Waals surface area contributed by atoms with Crippen molar-refractivity contribution in [2.45, 2.75) is 11.8 Å². The van der Waals surface area contributed by atoms with Crippen LogP contribution in [0.4, 0.5) is 17.1 Å². The molecule has 0 aliphatic rings. The number of sulfonamides is 1. The minimum absolute atomic E-state index is 0.139. The first-order valence-corrected chi connectivity index (χ1v) is 9.81. The lowest BCUT2D eigenvalue weighted by molar-refractivity contribution is 0.340. The van der Waals surface area contributed by atoms with Crippen LogP contribution in [-0.4, -0.2) is 15.0 Å². The Hall–Kier alpha value is -3.19. The Morgan fingerprint density at radius 3 is 2.04 bits per heavy atom. The second-order valence-corrected chi connectivity index (χ2v) is 7.19. The highest BCUT2D eigenvalue weighted by molar-refractivity contribution is 7.92. The Morgan fingerprint density at radius 2 is 1.44 bits per heavy atom. The van der Waals surface area contributed by atoms with Crippen molar-refractivity contribution in [2.75, 3.05) is 22.8 Å². The van der Waals surface area contributed by atoms with Crippen molar-refractivity contribution in [3.63, 3.8) is 0 Å². The highest BCUT2D eigenvalue weighted by atomic mass is 32.2. The van der Waals surface area contributed by atoms with Crippen molar-refractivity contribution in [2.24, 2.45) is 0 Å². The third kappa shape index (κ3) is 6.23. The number of hydrogen-bond donors (Lipinski definition) is 3. The normalized spacial score (nSPS) is 10.4. The number of nitrogens with two attached hydrogens (primary N) is 2. The number of benzene rings is 3. The van der Waals surface area contributed by atoms with Gasteiger partial charge in [0.1, 0.15) is 5.75 Å². The fraction of sp³-hybridized carbons (Fsp3) is 0.100. The van der Waals surface area contributed by atoms with E-state index >= 15 is 0 Å². The van der Waals surface area contributed by atoms with Crippen LogP contribution in [0.15, 0.2) is 83.8 Å². The van der Waals surface area contributed by atoms with Gasteiger partial charge in [0, 0.05) is 5.69 Å². The highest BCUT2D eigenvalue weighted by Gasteiger charge is 2.14. The number of nitrogens with one attached hydrogen (secondary N) is 1. The molecule has 0 amide bonds. The molecular weight excluding hydrogens is 362 g/mol. The zero-order chi connectivity index (χ0) is 19.7. The Labute approximate surface area is 159 Å². The molecule has 0 aliphatic heterocycles. The summed E-state index contributed by atoms with van der Waals surface area (Å²) in [5.41, 5.74) is 12.4. The molecule has 0 bridgehead atoms. The maximum Gasteiger partial charge on any atom is 0.261 e. The fourth-order valence-corrected chi connectivity index (χ4v) is 3.21. The van der Waals surface area contributed by atoms with E-state index in [0.717, 1.165) is 12.4 Å². The van der Waals surface area contributed by atoms with Gasteiger partial charge in [-0.3, -0.25) is 4.72 Å². The first-order valence-electron chi connectivity index (χ1n) is 8.33. The third-order valence-corrected chi connectivity index (χ3v) is 4.83. The van der Waals surface area contributed by atoms with E-state index in [1.807, 2.05) is 37.3 Å². The van der Waals surface area contributed by atoms with Crippen LogP contribution in [0.5, 0.6) is 5.75 Å². The molecule has 27 heavy (non-hydrogen) atoms. The molecule has 142 valence electrons. The van der Waals surface area contributed by atoms with Crippen LogP contribution < -0.4 is 20.9 Å². The van der Waals surface area contributed by atoms with Crippen molar-refractivity contribution in [3.8, 4) is 5.75 Å². The van der Waals surface area contributed by atoms with Crippen LogP contribution in [-0.2, 0) is 10.0 Å². The molecule has 0 spiro atoms. The van der Waals surface area contributed by atoms with E-state index in [9.17, 15) is 8.42 Å². The van der Waals surface area contributed by atoms with Gasteiger partial charge in [-0.05, 0) is 55.5 Å². The predicted molar refractivity (Wildman–Crippen MR) is 110 cm³/mol. The van der Waals surface area contributed by atoms with Gasteiger partial charge in [0.25, 0.3) is 10.0 Å². The summed E-state index contributed by atoms with van der Waals surface area (Å²) < 4.78 is 31.7. The Balaban J connectivity index is 0.000000244. The van der Waals surface area contributed by atoms with Crippen molar-refractivity contribution in [1.82, 2.24) is 0 Å². The fourth-order valence-electron chi connectivity index (χ4n) is 2.12. The molecule has 0 aliphatic carbocycles. The van der Waals surface area contributed by atoms with Crippen molar-refractivity contribution in [1.29, 1.82) is 0 Å². The van der Waals surface area contributed by atoms with Crippen molar-refractivity contribution in [3.05, 3.63) is 78.9 Å². The first-order chi connectivity index (χ1) is 12.9. The first kappa shape index (κ1) is 20.1. The van der Waals surface area contributed by atoms with Crippen LogP contribution in [0.3, 0.4) is 0 Å². The summed E-state index contributed by atoms with van der Waals surface area (Å²) in [5.74, 6) is 0.944. The quantitative estimate of drug-likeness (QED) is 0.580. The van der Waals surface area contributed by atoms with E-state index in [1.165, 1.54) is 24.3 Å². The van der Waals surface area contributed by atoms with Gasteiger partial charge >= 0.3 is 0 Å². The van der Waals surface area contributed by atoms with Crippen LogP contribution >= 0.6 is 0 Å². The molecule has 0 atom stereocenters. The zero-order valence-corrected chi connectivity index (χ0v) is 15.8.